The number of nitrogens with one attached hydrogen (secondary N) is 1. The van der Waals surface area contributed by atoms with Crippen LogP contribution in [0.4, 0.5) is 5.69 Å². The highest BCUT2D eigenvalue weighted by Crippen LogP contribution is 2.23. The van der Waals surface area contributed by atoms with Crippen molar-refractivity contribution in [3.05, 3.63) is 54.1 Å². The zero-order chi connectivity index (χ0) is 16.8. The van der Waals surface area contributed by atoms with Crippen LogP contribution in [0.5, 0.6) is 0 Å². The van der Waals surface area contributed by atoms with Gasteiger partial charge in [-0.05, 0) is 43.4 Å². The van der Waals surface area contributed by atoms with Crippen LogP contribution in [0.25, 0.3) is 0 Å². The number of hydrogen-bond acceptors (Lipinski definition) is 5. The van der Waals surface area contributed by atoms with Crippen LogP contribution in [0.2, 0.25) is 0 Å². The molecule has 1 aromatic carbocycles. The van der Waals surface area contributed by atoms with Crippen molar-refractivity contribution in [2.24, 2.45) is 5.92 Å². The molecule has 1 atom stereocenters. The summed E-state index contributed by atoms with van der Waals surface area (Å²) in [6.45, 7) is 5.30. The number of rotatable bonds is 6. The fraction of sp³-hybridized carbons (Fsp3) is 0.474. The van der Waals surface area contributed by atoms with Crippen molar-refractivity contribution in [2.45, 2.75) is 32.4 Å². The molecule has 0 spiro atoms. The highest BCUT2D eigenvalue weighted by Gasteiger charge is 2.18. The van der Waals surface area contributed by atoms with Gasteiger partial charge in [-0.25, -0.2) is 0 Å². The second-order valence-electron chi connectivity index (χ2n) is 6.51. The Labute approximate surface area is 143 Å². The predicted molar refractivity (Wildman–Crippen MR) is 95.8 cm³/mol. The largest absolute Gasteiger partial charge is 0.396 e. The third-order valence-electron chi connectivity index (χ3n) is 4.81. The van der Waals surface area contributed by atoms with Crippen LogP contribution in [0.15, 0.2) is 42.9 Å². The van der Waals surface area contributed by atoms with Gasteiger partial charge in [0.2, 0.25) is 0 Å². The minimum atomic E-state index is 0.177. The van der Waals surface area contributed by atoms with E-state index in [1.165, 1.54) is 11.3 Å². The molecule has 2 aromatic rings. The van der Waals surface area contributed by atoms with E-state index >= 15 is 0 Å². The molecular weight excluding hydrogens is 300 g/mol. The maximum atomic E-state index is 9.24. The summed E-state index contributed by atoms with van der Waals surface area (Å²) in [6, 6.07) is 8.94. The van der Waals surface area contributed by atoms with Gasteiger partial charge in [0, 0.05) is 56.6 Å². The molecule has 1 saturated heterocycles. The van der Waals surface area contributed by atoms with E-state index in [9.17, 15) is 5.11 Å². The van der Waals surface area contributed by atoms with Crippen LogP contribution >= 0.6 is 0 Å². The van der Waals surface area contributed by atoms with Crippen LogP contribution < -0.4 is 10.2 Å². The van der Waals surface area contributed by atoms with Crippen molar-refractivity contribution >= 4 is 5.69 Å². The Hall–Kier alpha value is -1.98. The molecule has 2 N–H and O–H groups in total. The molecule has 0 aliphatic carbocycles. The second-order valence-corrected chi connectivity index (χ2v) is 6.51. The van der Waals surface area contributed by atoms with Crippen molar-refractivity contribution in [3.63, 3.8) is 0 Å². The zero-order valence-corrected chi connectivity index (χ0v) is 14.2. The van der Waals surface area contributed by atoms with Gasteiger partial charge in [-0.3, -0.25) is 9.97 Å². The van der Waals surface area contributed by atoms with Gasteiger partial charge >= 0.3 is 0 Å². The van der Waals surface area contributed by atoms with Gasteiger partial charge in [0.15, 0.2) is 0 Å². The average Bonchev–Trinajstić information content (AvgIpc) is 2.67. The number of hydrogen-bond donors (Lipinski definition) is 2. The lowest BCUT2D eigenvalue weighted by Gasteiger charge is -2.33. The molecule has 5 nitrogen and oxygen atoms in total. The number of aliphatic hydroxyl groups excluding tert-OH is 1. The molecular formula is C19H26N4O. The van der Waals surface area contributed by atoms with E-state index < -0.39 is 0 Å². The molecule has 1 aliphatic heterocycles. The lowest BCUT2D eigenvalue weighted by atomic mass is 9.97. The molecule has 1 aliphatic rings. The summed E-state index contributed by atoms with van der Waals surface area (Å²) in [5.74, 6) is 0.479. The number of nitrogens with zero attached hydrogens (tertiary/aromatic N) is 3. The number of anilines is 1. The molecule has 0 bridgehead atoms. The third-order valence-corrected chi connectivity index (χ3v) is 4.81. The Morgan fingerprint density at radius 1 is 1.21 bits per heavy atom. The summed E-state index contributed by atoms with van der Waals surface area (Å²) in [6.07, 6.45) is 7.38. The standard InChI is InChI=1S/C19H26N4O/c1-15(19-13-20-8-9-21-19)22-12-16-2-4-18(5-3-16)23-10-6-17(14-24)7-11-23/h2-5,8-9,13,15,17,22,24H,6-7,10-12,14H2,1H3. The topological polar surface area (TPSA) is 61.3 Å². The summed E-state index contributed by atoms with van der Waals surface area (Å²) in [7, 11) is 0. The monoisotopic (exact) mass is 326 g/mol. The van der Waals surface area contributed by atoms with Gasteiger partial charge in [-0.1, -0.05) is 12.1 Å². The molecule has 1 unspecified atom stereocenters. The van der Waals surface area contributed by atoms with Crippen molar-refractivity contribution in [1.82, 2.24) is 15.3 Å². The molecule has 0 saturated carbocycles. The maximum Gasteiger partial charge on any atom is 0.0753 e. The SMILES string of the molecule is CC(NCc1ccc(N2CCC(CO)CC2)cc1)c1cnccn1. The van der Waals surface area contributed by atoms with E-state index in [4.69, 9.17) is 0 Å². The van der Waals surface area contributed by atoms with Gasteiger partial charge in [0.1, 0.15) is 0 Å². The summed E-state index contributed by atoms with van der Waals surface area (Å²) < 4.78 is 0. The van der Waals surface area contributed by atoms with Crippen molar-refractivity contribution < 1.29 is 5.11 Å². The van der Waals surface area contributed by atoms with Gasteiger partial charge in [-0.2, -0.15) is 0 Å². The fourth-order valence-electron chi connectivity index (χ4n) is 3.11. The Balaban J connectivity index is 1.51. The molecule has 3 rings (SSSR count). The molecule has 5 heteroatoms. The van der Waals surface area contributed by atoms with Crippen LogP contribution in [0.3, 0.4) is 0 Å². The Bertz CT molecular complexity index is 609. The van der Waals surface area contributed by atoms with Crippen LogP contribution in [-0.4, -0.2) is 34.8 Å². The predicted octanol–water partition coefficient (Wildman–Crippen LogP) is 2.54. The summed E-state index contributed by atoms with van der Waals surface area (Å²) in [5.41, 5.74) is 3.50. The smallest absolute Gasteiger partial charge is 0.0753 e. The molecule has 24 heavy (non-hydrogen) atoms. The van der Waals surface area contributed by atoms with E-state index in [2.05, 4.69) is 51.4 Å². The van der Waals surface area contributed by atoms with Crippen molar-refractivity contribution in [3.8, 4) is 0 Å². The van der Waals surface area contributed by atoms with Crippen molar-refractivity contribution in [1.29, 1.82) is 0 Å². The molecule has 1 aromatic heterocycles. The molecule has 0 amide bonds. The lowest BCUT2D eigenvalue weighted by Crippen LogP contribution is -2.34. The van der Waals surface area contributed by atoms with Gasteiger partial charge in [-0.15, -0.1) is 0 Å². The number of piperidine rings is 1. The summed E-state index contributed by atoms with van der Waals surface area (Å²) in [5, 5.41) is 12.7. The minimum absolute atomic E-state index is 0.177. The highest BCUT2D eigenvalue weighted by molar-refractivity contribution is 5.48. The molecule has 1 fully saturated rings. The Kier molecular flexibility index (Phi) is 5.77. The Morgan fingerprint density at radius 2 is 1.96 bits per heavy atom. The lowest BCUT2D eigenvalue weighted by molar-refractivity contribution is 0.203. The molecule has 0 radical (unpaired) electrons. The van der Waals surface area contributed by atoms with E-state index in [1.807, 2.05) is 0 Å². The first kappa shape index (κ1) is 16.9. The van der Waals surface area contributed by atoms with Gasteiger partial charge in [0.25, 0.3) is 0 Å². The second kappa shape index (κ2) is 8.22. The Morgan fingerprint density at radius 3 is 2.58 bits per heavy atom. The average molecular weight is 326 g/mol. The first-order chi connectivity index (χ1) is 11.8. The normalized spacial score (nSPS) is 17.0. The summed E-state index contributed by atoms with van der Waals surface area (Å²) >= 11 is 0. The van der Waals surface area contributed by atoms with E-state index in [0.29, 0.717) is 12.5 Å². The van der Waals surface area contributed by atoms with Crippen LogP contribution in [0.1, 0.15) is 37.1 Å². The molecule has 2 heterocycles. The minimum Gasteiger partial charge on any atom is -0.396 e. The third kappa shape index (κ3) is 4.30. The molecule has 128 valence electrons. The first-order valence-corrected chi connectivity index (χ1v) is 8.70. The van der Waals surface area contributed by atoms with Crippen LogP contribution in [-0.2, 0) is 6.54 Å². The van der Waals surface area contributed by atoms with E-state index in [-0.39, 0.29) is 6.04 Å². The number of aliphatic hydroxyl groups is 1. The summed E-state index contributed by atoms with van der Waals surface area (Å²) in [4.78, 5) is 10.9. The number of aromatic nitrogens is 2. The van der Waals surface area contributed by atoms with E-state index in [0.717, 1.165) is 38.2 Å². The fourth-order valence-corrected chi connectivity index (χ4v) is 3.11. The van der Waals surface area contributed by atoms with E-state index in [1.54, 1.807) is 18.6 Å². The quantitative estimate of drug-likeness (QED) is 0.854. The van der Waals surface area contributed by atoms with Gasteiger partial charge in [0.05, 0.1) is 5.69 Å². The van der Waals surface area contributed by atoms with Crippen LogP contribution in [0, 0.1) is 5.92 Å². The van der Waals surface area contributed by atoms with Gasteiger partial charge < -0.3 is 15.3 Å². The number of benzene rings is 1. The first-order valence-electron chi connectivity index (χ1n) is 8.70. The highest BCUT2D eigenvalue weighted by atomic mass is 16.3. The maximum absolute atomic E-state index is 9.24. The zero-order valence-electron chi connectivity index (χ0n) is 14.2. The van der Waals surface area contributed by atoms with Crippen molar-refractivity contribution in [2.75, 3.05) is 24.6 Å².